The van der Waals surface area contributed by atoms with Gasteiger partial charge in [0.25, 0.3) is 0 Å². The molecule has 2 heterocycles. The first-order valence-corrected chi connectivity index (χ1v) is 6.03. The Labute approximate surface area is 88.1 Å². The van der Waals surface area contributed by atoms with Gasteiger partial charge in [0.1, 0.15) is 0 Å². The van der Waals surface area contributed by atoms with Crippen LogP contribution in [0.2, 0.25) is 0 Å². The third-order valence-corrected chi connectivity index (χ3v) is 4.28. The molecule has 0 bridgehead atoms. The van der Waals surface area contributed by atoms with Crippen LogP contribution in [0.4, 0.5) is 0 Å². The summed E-state index contributed by atoms with van der Waals surface area (Å²) >= 11 is 0. The lowest BCUT2D eigenvalue weighted by molar-refractivity contribution is 0.121. The van der Waals surface area contributed by atoms with Crippen LogP contribution in [-0.4, -0.2) is 38.1 Å². The maximum absolute atomic E-state index is 3.49. The van der Waals surface area contributed by atoms with Crippen LogP contribution < -0.4 is 5.32 Å². The minimum absolute atomic E-state index is 0.647. The van der Waals surface area contributed by atoms with E-state index in [-0.39, 0.29) is 0 Å². The van der Waals surface area contributed by atoms with E-state index < -0.39 is 0 Å². The van der Waals surface area contributed by atoms with Gasteiger partial charge in [0.15, 0.2) is 0 Å². The number of likely N-dealkylation sites (tertiary alicyclic amines) is 1. The van der Waals surface area contributed by atoms with Gasteiger partial charge in [-0.1, -0.05) is 13.8 Å². The Kier molecular flexibility index (Phi) is 2.85. The summed E-state index contributed by atoms with van der Waals surface area (Å²) in [6.07, 6.45) is 2.78. The molecule has 0 aliphatic carbocycles. The van der Waals surface area contributed by atoms with Gasteiger partial charge < -0.3 is 10.2 Å². The number of hydrogen-bond acceptors (Lipinski definition) is 2. The second-order valence-electron chi connectivity index (χ2n) is 5.66. The Morgan fingerprint density at radius 2 is 1.93 bits per heavy atom. The Balaban J connectivity index is 2.13. The highest BCUT2D eigenvalue weighted by Gasteiger charge is 2.46. The van der Waals surface area contributed by atoms with Crippen LogP contribution in [0, 0.1) is 17.3 Å². The van der Waals surface area contributed by atoms with E-state index in [1.807, 2.05) is 0 Å². The monoisotopic (exact) mass is 196 g/mol. The zero-order valence-corrected chi connectivity index (χ0v) is 9.84. The van der Waals surface area contributed by atoms with E-state index >= 15 is 0 Å². The van der Waals surface area contributed by atoms with Gasteiger partial charge in [0.05, 0.1) is 0 Å². The van der Waals surface area contributed by atoms with Gasteiger partial charge in [-0.3, -0.25) is 0 Å². The predicted octanol–water partition coefficient (Wildman–Crippen LogP) is 1.57. The van der Waals surface area contributed by atoms with E-state index in [0.717, 1.165) is 11.8 Å². The molecule has 2 aliphatic rings. The normalized spacial score (nSPS) is 33.0. The summed E-state index contributed by atoms with van der Waals surface area (Å²) in [6, 6.07) is 0. The summed E-state index contributed by atoms with van der Waals surface area (Å²) < 4.78 is 0. The van der Waals surface area contributed by atoms with Crippen LogP contribution >= 0.6 is 0 Å². The maximum Gasteiger partial charge on any atom is 0.00392 e. The zero-order valence-electron chi connectivity index (χ0n) is 9.84. The highest BCUT2D eigenvalue weighted by molar-refractivity contribution is 4.99. The number of rotatable bonds is 1. The number of nitrogens with one attached hydrogen (secondary N) is 1. The van der Waals surface area contributed by atoms with E-state index in [1.165, 1.54) is 39.0 Å². The van der Waals surface area contributed by atoms with Crippen LogP contribution in [0.25, 0.3) is 0 Å². The largest absolute Gasteiger partial charge is 0.317 e. The minimum Gasteiger partial charge on any atom is -0.317 e. The lowest BCUT2D eigenvalue weighted by Crippen LogP contribution is -2.43. The summed E-state index contributed by atoms with van der Waals surface area (Å²) in [5, 5.41) is 3.49. The minimum atomic E-state index is 0.647. The van der Waals surface area contributed by atoms with Gasteiger partial charge in [0, 0.05) is 13.1 Å². The van der Waals surface area contributed by atoms with Crippen molar-refractivity contribution in [1.29, 1.82) is 0 Å². The van der Waals surface area contributed by atoms with Crippen LogP contribution in [0.3, 0.4) is 0 Å². The molecular weight excluding hydrogens is 172 g/mol. The van der Waals surface area contributed by atoms with Gasteiger partial charge in [-0.25, -0.2) is 0 Å². The number of nitrogens with zero attached hydrogens (tertiary/aromatic N) is 1. The third kappa shape index (κ3) is 1.70. The number of hydrogen-bond donors (Lipinski definition) is 1. The molecule has 2 saturated heterocycles. The van der Waals surface area contributed by atoms with E-state index in [4.69, 9.17) is 0 Å². The molecule has 2 aliphatic heterocycles. The smallest absolute Gasteiger partial charge is 0.00392 e. The van der Waals surface area contributed by atoms with Crippen molar-refractivity contribution >= 4 is 0 Å². The van der Waals surface area contributed by atoms with Gasteiger partial charge in [0.2, 0.25) is 0 Å². The first kappa shape index (κ1) is 10.4. The molecule has 0 amide bonds. The van der Waals surface area contributed by atoms with Gasteiger partial charge in [-0.05, 0) is 50.2 Å². The van der Waals surface area contributed by atoms with Gasteiger partial charge >= 0.3 is 0 Å². The molecule has 2 rings (SSSR count). The zero-order chi connectivity index (χ0) is 10.2. The van der Waals surface area contributed by atoms with Crippen molar-refractivity contribution < 1.29 is 0 Å². The molecule has 1 atom stereocenters. The molecule has 1 spiro atoms. The van der Waals surface area contributed by atoms with E-state index in [9.17, 15) is 0 Å². The first-order valence-electron chi connectivity index (χ1n) is 6.03. The van der Waals surface area contributed by atoms with Crippen LogP contribution in [-0.2, 0) is 0 Å². The molecule has 82 valence electrons. The van der Waals surface area contributed by atoms with Crippen LogP contribution in [0.1, 0.15) is 26.7 Å². The van der Waals surface area contributed by atoms with Crippen LogP contribution in [0.5, 0.6) is 0 Å². The van der Waals surface area contributed by atoms with Crippen molar-refractivity contribution in [3.05, 3.63) is 0 Å². The standard InChI is InChI=1S/C12H24N2/c1-10(2)11-8-14(3)9-12(11)4-6-13-7-5-12/h10-11,13H,4-9H2,1-3H3. The maximum atomic E-state index is 3.49. The Morgan fingerprint density at radius 3 is 2.50 bits per heavy atom. The fraction of sp³-hybridized carbons (Fsp3) is 1.00. The molecule has 2 nitrogen and oxygen atoms in total. The molecule has 0 aromatic carbocycles. The highest BCUT2D eigenvalue weighted by atomic mass is 15.1. The molecular formula is C12H24N2. The molecule has 2 fully saturated rings. The van der Waals surface area contributed by atoms with Crippen molar-refractivity contribution in [2.45, 2.75) is 26.7 Å². The van der Waals surface area contributed by atoms with E-state index in [2.05, 4.69) is 31.1 Å². The second-order valence-corrected chi connectivity index (χ2v) is 5.66. The molecule has 0 radical (unpaired) electrons. The second kappa shape index (κ2) is 3.82. The van der Waals surface area contributed by atoms with E-state index in [1.54, 1.807) is 0 Å². The summed E-state index contributed by atoms with van der Waals surface area (Å²) in [7, 11) is 2.28. The summed E-state index contributed by atoms with van der Waals surface area (Å²) in [5.41, 5.74) is 0.647. The molecule has 0 saturated carbocycles. The van der Waals surface area contributed by atoms with Crippen molar-refractivity contribution in [3.8, 4) is 0 Å². The molecule has 1 N–H and O–H groups in total. The van der Waals surface area contributed by atoms with Crippen molar-refractivity contribution in [2.75, 3.05) is 33.2 Å². The van der Waals surface area contributed by atoms with E-state index in [0.29, 0.717) is 5.41 Å². The lowest BCUT2D eigenvalue weighted by atomic mass is 9.67. The third-order valence-electron chi connectivity index (χ3n) is 4.28. The Bertz CT molecular complexity index is 194. The quantitative estimate of drug-likeness (QED) is 0.685. The van der Waals surface area contributed by atoms with Crippen molar-refractivity contribution in [1.82, 2.24) is 10.2 Å². The lowest BCUT2D eigenvalue weighted by Gasteiger charge is -2.40. The van der Waals surface area contributed by atoms with Crippen molar-refractivity contribution in [2.24, 2.45) is 17.3 Å². The Morgan fingerprint density at radius 1 is 1.29 bits per heavy atom. The summed E-state index contributed by atoms with van der Waals surface area (Å²) in [5.74, 6) is 1.77. The number of piperidine rings is 1. The van der Waals surface area contributed by atoms with Crippen molar-refractivity contribution in [3.63, 3.8) is 0 Å². The predicted molar refractivity (Wildman–Crippen MR) is 60.4 cm³/mol. The van der Waals surface area contributed by atoms with Gasteiger partial charge in [-0.15, -0.1) is 0 Å². The molecule has 1 unspecified atom stereocenters. The molecule has 0 aromatic heterocycles. The Hall–Kier alpha value is -0.0800. The SMILES string of the molecule is CC(C)C1CN(C)CC12CCNCC2. The summed E-state index contributed by atoms with van der Waals surface area (Å²) in [4.78, 5) is 2.54. The fourth-order valence-corrected chi connectivity index (χ4v) is 3.62. The van der Waals surface area contributed by atoms with Crippen LogP contribution in [0.15, 0.2) is 0 Å². The molecule has 2 heteroatoms. The topological polar surface area (TPSA) is 15.3 Å². The first-order chi connectivity index (χ1) is 6.64. The molecule has 14 heavy (non-hydrogen) atoms. The molecule has 0 aromatic rings. The highest BCUT2D eigenvalue weighted by Crippen LogP contribution is 2.45. The average molecular weight is 196 g/mol. The fourth-order valence-electron chi connectivity index (χ4n) is 3.62. The average Bonchev–Trinajstić information content (AvgIpc) is 2.44. The summed E-state index contributed by atoms with van der Waals surface area (Å²) in [6.45, 7) is 9.91. The van der Waals surface area contributed by atoms with Gasteiger partial charge in [-0.2, -0.15) is 0 Å².